The van der Waals surface area contributed by atoms with Crippen molar-refractivity contribution in [3.63, 3.8) is 0 Å². The first kappa shape index (κ1) is 23.8. The zero-order chi connectivity index (χ0) is 25.3. The van der Waals surface area contributed by atoms with Crippen molar-refractivity contribution in [1.29, 1.82) is 0 Å². The predicted octanol–water partition coefficient (Wildman–Crippen LogP) is 7.11. The van der Waals surface area contributed by atoms with Crippen LogP contribution >= 0.6 is 11.6 Å². The van der Waals surface area contributed by atoms with Crippen LogP contribution in [0.15, 0.2) is 103 Å². The summed E-state index contributed by atoms with van der Waals surface area (Å²) in [6.07, 6.45) is 2.59. The van der Waals surface area contributed by atoms with E-state index in [0.29, 0.717) is 22.8 Å². The van der Waals surface area contributed by atoms with Gasteiger partial charge in [0.2, 0.25) is 0 Å². The standard InChI is InChI=1S/C30H25ClN2O3/c1-20-16-17-30(29(35)36,25(18-20)21-12-14-24(31)15-13-21)28(34)33-27(23-10-6-3-7-11-23)19-26(32-33)22-8-4-2-5-9-22/h2-15,18-19,25H,16-17H2,1H3,(H,35,36)/t25-,30-/m1/s1. The van der Waals surface area contributed by atoms with Gasteiger partial charge in [-0.25, -0.2) is 0 Å². The molecule has 2 atom stereocenters. The monoisotopic (exact) mass is 496 g/mol. The van der Waals surface area contributed by atoms with E-state index in [2.05, 4.69) is 5.10 Å². The van der Waals surface area contributed by atoms with Crippen molar-refractivity contribution in [3.8, 4) is 22.5 Å². The van der Waals surface area contributed by atoms with Crippen LogP contribution in [0.1, 0.15) is 36.0 Å². The maximum absolute atomic E-state index is 14.4. The molecule has 0 unspecified atom stereocenters. The van der Waals surface area contributed by atoms with Crippen LogP contribution < -0.4 is 0 Å². The number of carbonyl (C=O) groups is 2. The summed E-state index contributed by atoms with van der Waals surface area (Å²) in [5.41, 5.74) is 2.84. The fourth-order valence-corrected chi connectivity index (χ4v) is 5.10. The first-order valence-corrected chi connectivity index (χ1v) is 12.2. The van der Waals surface area contributed by atoms with Crippen molar-refractivity contribution >= 4 is 23.5 Å². The van der Waals surface area contributed by atoms with E-state index in [1.165, 1.54) is 4.68 Å². The highest BCUT2D eigenvalue weighted by Crippen LogP contribution is 2.48. The Morgan fingerprint density at radius 2 is 1.56 bits per heavy atom. The minimum atomic E-state index is -1.73. The Labute approximate surface area is 214 Å². The lowest BCUT2D eigenvalue weighted by Gasteiger charge is -2.38. The second-order valence-electron chi connectivity index (χ2n) is 9.18. The van der Waals surface area contributed by atoms with E-state index in [0.717, 1.165) is 22.3 Å². The van der Waals surface area contributed by atoms with E-state index in [-0.39, 0.29) is 6.42 Å². The lowest BCUT2D eigenvalue weighted by atomic mass is 9.64. The lowest BCUT2D eigenvalue weighted by molar-refractivity contribution is -0.147. The SMILES string of the molecule is CC1=C[C@H](c2ccc(Cl)cc2)[C@@](C(=O)O)(C(=O)n2nc(-c3ccccc3)cc2-c2ccccc2)CC1. The molecule has 0 spiro atoms. The molecule has 6 heteroatoms. The third-order valence-corrected chi connectivity index (χ3v) is 7.18. The molecule has 0 radical (unpaired) electrons. The van der Waals surface area contributed by atoms with Crippen molar-refractivity contribution < 1.29 is 14.7 Å². The van der Waals surface area contributed by atoms with Gasteiger partial charge in [0, 0.05) is 22.1 Å². The largest absolute Gasteiger partial charge is 0.480 e. The summed E-state index contributed by atoms with van der Waals surface area (Å²) in [5, 5.41) is 15.9. The van der Waals surface area contributed by atoms with Crippen LogP contribution in [0.4, 0.5) is 0 Å². The van der Waals surface area contributed by atoms with E-state index < -0.39 is 23.2 Å². The molecular formula is C30H25ClN2O3. The van der Waals surface area contributed by atoms with Gasteiger partial charge in [0.1, 0.15) is 0 Å². The number of nitrogens with zero attached hydrogens (tertiary/aromatic N) is 2. The number of aliphatic carboxylic acids is 1. The molecule has 1 aliphatic carbocycles. The number of aromatic nitrogens is 2. The van der Waals surface area contributed by atoms with Crippen LogP contribution in [0.3, 0.4) is 0 Å². The highest BCUT2D eigenvalue weighted by atomic mass is 35.5. The van der Waals surface area contributed by atoms with Crippen molar-refractivity contribution in [1.82, 2.24) is 9.78 Å². The highest BCUT2D eigenvalue weighted by molar-refractivity contribution is 6.30. The Kier molecular flexibility index (Phi) is 6.33. The summed E-state index contributed by atoms with van der Waals surface area (Å²) >= 11 is 6.11. The second kappa shape index (κ2) is 9.59. The Hall–Kier alpha value is -3.96. The van der Waals surface area contributed by atoms with Gasteiger partial charge < -0.3 is 5.11 Å². The van der Waals surface area contributed by atoms with Gasteiger partial charge in [0.25, 0.3) is 5.91 Å². The highest BCUT2D eigenvalue weighted by Gasteiger charge is 2.55. The fraction of sp³-hybridized carbons (Fsp3) is 0.167. The number of benzene rings is 3. The topological polar surface area (TPSA) is 72.2 Å². The number of rotatable bonds is 5. The average molecular weight is 497 g/mol. The second-order valence-corrected chi connectivity index (χ2v) is 9.62. The number of allylic oxidation sites excluding steroid dienone is 2. The number of hydrogen-bond donors (Lipinski definition) is 1. The lowest BCUT2D eigenvalue weighted by Crippen LogP contribution is -2.48. The molecule has 36 heavy (non-hydrogen) atoms. The van der Waals surface area contributed by atoms with Crippen LogP contribution in [0.5, 0.6) is 0 Å². The number of halogens is 1. The molecule has 0 saturated heterocycles. The first-order chi connectivity index (χ1) is 17.4. The zero-order valence-electron chi connectivity index (χ0n) is 19.8. The molecule has 0 amide bonds. The Bertz CT molecular complexity index is 1440. The molecule has 5 rings (SSSR count). The minimum absolute atomic E-state index is 0.172. The van der Waals surface area contributed by atoms with Crippen LogP contribution in [-0.4, -0.2) is 26.8 Å². The maximum atomic E-state index is 14.4. The quantitative estimate of drug-likeness (QED) is 0.236. The van der Waals surface area contributed by atoms with Crippen LogP contribution in [-0.2, 0) is 4.79 Å². The summed E-state index contributed by atoms with van der Waals surface area (Å²) in [4.78, 5) is 27.5. The van der Waals surface area contributed by atoms with Gasteiger partial charge in [0.15, 0.2) is 5.41 Å². The smallest absolute Gasteiger partial charge is 0.320 e. The van der Waals surface area contributed by atoms with Crippen LogP contribution in [0.2, 0.25) is 5.02 Å². The van der Waals surface area contributed by atoms with E-state index >= 15 is 0 Å². The number of carbonyl (C=O) groups excluding carboxylic acids is 1. The molecule has 180 valence electrons. The molecule has 1 aliphatic rings. The molecule has 5 nitrogen and oxygen atoms in total. The van der Waals surface area contributed by atoms with E-state index in [4.69, 9.17) is 11.6 Å². The van der Waals surface area contributed by atoms with Gasteiger partial charge in [-0.2, -0.15) is 9.78 Å². The fourth-order valence-electron chi connectivity index (χ4n) is 4.97. The van der Waals surface area contributed by atoms with Gasteiger partial charge in [-0.15, -0.1) is 0 Å². The summed E-state index contributed by atoms with van der Waals surface area (Å²) < 4.78 is 1.29. The Morgan fingerprint density at radius 1 is 0.944 bits per heavy atom. The maximum Gasteiger partial charge on any atom is 0.320 e. The Balaban J connectivity index is 1.71. The zero-order valence-corrected chi connectivity index (χ0v) is 20.5. The molecule has 4 aromatic rings. The van der Waals surface area contributed by atoms with Crippen LogP contribution in [0, 0.1) is 5.41 Å². The van der Waals surface area contributed by atoms with Gasteiger partial charge in [0.05, 0.1) is 11.4 Å². The van der Waals surface area contributed by atoms with Crippen LogP contribution in [0.25, 0.3) is 22.5 Å². The number of hydrogen-bond acceptors (Lipinski definition) is 3. The number of carboxylic acids is 1. The Morgan fingerprint density at radius 3 is 2.17 bits per heavy atom. The van der Waals surface area contributed by atoms with Crippen molar-refractivity contribution in [2.45, 2.75) is 25.7 Å². The van der Waals surface area contributed by atoms with E-state index in [1.54, 1.807) is 24.3 Å². The summed E-state index contributed by atoms with van der Waals surface area (Å²) in [7, 11) is 0. The minimum Gasteiger partial charge on any atom is -0.480 e. The van der Waals surface area contributed by atoms with Gasteiger partial charge >= 0.3 is 5.97 Å². The first-order valence-electron chi connectivity index (χ1n) is 11.8. The van der Waals surface area contributed by atoms with Crippen molar-refractivity contribution in [2.24, 2.45) is 5.41 Å². The third-order valence-electron chi connectivity index (χ3n) is 6.93. The molecule has 0 bridgehead atoms. The number of carboxylic acid groups (broad SMARTS) is 1. The molecular weight excluding hydrogens is 472 g/mol. The third kappa shape index (κ3) is 4.16. The average Bonchev–Trinajstić information content (AvgIpc) is 3.35. The molecule has 3 aromatic carbocycles. The summed E-state index contributed by atoms with van der Waals surface area (Å²) in [5.74, 6) is -2.38. The molecule has 0 saturated carbocycles. The van der Waals surface area contributed by atoms with E-state index in [9.17, 15) is 14.7 Å². The molecule has 1 heterocycles. The van der Waals surface area contributed by atoms with E-state index in [1.807, 2.05) is 79.7 Å². The van der Waals surface area contributed by atoms with Crippen molar-refractivity contribution in [3.05, 3.63) is 113 Å². The van der Waals surface area contributed by atoms with Crippen molar-refractivity contribution in [2.75, 3.05) is 0 Å². The van der Waals surface area contributed by atoms with Gasteiger partial charge in [-0.3, -0.25) is 9.59 Å². The molecule has 0 aliphatic heterocycles. The molecule has 1 aromatic heterocycles. The molecule has 1 N–H and O–H groups in total. The summed E-state index contributed by atoms with van der Waals surface area (Å²) in [6.45, 7) is 1.97. The van der Waals surface area contributed by atoms with Gasteiger partial charge in [-0.05, 0) is 43.5 Å². The molecule has 0 fully saturated rings. The summed E-state index contributed by atoms with van der Waals surface area (Å²) in [6, 6.07) is 27.9. The predicted molar refractivity (Wildman–Crippen MR) is 141 cm³/mol. The normalized spacial score (nSPS) is 19.5. The van der Waals surface area contributed by atoms with Gasteiger partial charge in [-0.1, -0.05) is 96.0 Å².